The maximum absolute atomic E-state index is 5.39. The van der Waals surface area contributed by atoms with E-state index in [1.807, 2.05) is 0 Å². The Morgan fingerprint density at radius 2 is 2.21 bits per heavy atom. The minimum absolute atomic E-state index is 0.455. The second-order valence-corrected chi connectivity index (χ2v) is 7.18. The quantitative estimate of drug-likeness (QED) is 0.886. The molecule has 106 valence electrons. The summed E-state index contributed by atoms with van der Waals surface area (Å²) in [6, 6.07) is 6.98. The van der Waals surface area contributed by atoms with E-state index in [0.29, 0.717) is 16.5 Å². The van der Waals surface area contributed by atoms with Gasteiger partial charge in [-0.3, -0.25) is 0 Å². The van der Waals surface area contributed by atoms with Crippen LogP contribution in [-0.2, 0) is 6.42 Å². The van der Waals surface area contributed by atoms with Gasteiger partial charge < -0.3 is 10.1 Å². The molecule has 0 radical (unpaired) electrons. The maximum atomic E-state index is 5.39. The number of rotatable bonds is 5. The highest BCUT2D eigenvalue weighted by atomic mass is 32.2. The van der Waals surface area contributed by atoms with Gasteiger partial charge in [-0.2, -0.15) is 11.8 Å². The molecule has 1 aromatic rings. The molecule has 19 heavy (non-hydrogen) atoms. The molecule has 1 aromatic carbocycles. The van der Waals surface area contributed by atoms with Crippen LogP contribution in [0.1, 0.15) is 44.4 Å². The van der Waals surface area contributed by atoms with E-state index >= 15 is 0 Å². The van der Waals surface area contributed by atoms with Gasteiger partial charge in [-0.15, -0.1) is 0 Å². The average molecular weight is 279 g/mol. The molecule has 2 nitrogen and oxygen atoms in total. The molecule has 3 heteroatoms. The lowest BCUT2D eigenvalue weighted by atomic mass is 9.87. The Labute approximate surface area is 121 Å². The Bertz CT molecular complexity index is 419. The van der Waals surface area contributed by atoms with Gasteiger partial charge in [0.1, 0.15) is 5.75 Å². The monoisotopic (exact) mass is 279 g/mol. The van der Waals surface area contributed by atoms with Crippen LogP contribution in [0.25, 0.3) is 0 Å². The Morgan fingerprint density at radius 1 is 1.42 bits per heavy atom. The van der Waals surface area contributed by atoms with Gasteiger partial charge >= 0.3 is 0 Å². The molecule has 2 unspecified atom stereocenters. The molecule has 0 amide bonds. The fourth-order valence-electron chi connectivity index (χ4n) is 2.84. The van der Waals surface area contributed by atoms with Crippen molar-refractivity contribution in [2.75, 3.05) is 13.7 Å². The van der Waals surface area contributed by atoms with Crippen LogP contribution in [-0.4, -0.2) is 24.2 Å². The zero-order chi connectivity index (χ0) is 13.8. The molecule has 2 atom stereocenters. The largest absolute Gasteiger partial charge is 0.497 e. The van der Waals surface area contributed by atoms with Crippen molar-refractivity contribution in [1.82, 2.24) is 5.32 Å². The zero-order valence-corrected chi connectivity index (χ0v) is 13.2. The third-order valence-corrected chi connectivity index (χ3v) is 5.03. The van der Waals surface area contributed by atoms with Gasteiger partial charge in [0, 0.05) is 11.3 Å². The van der Waals surface area contributed by atoms with Gasteiger partial charge in [-0.1, -0.05) is 26.8 Å². The van der Waals surface area contributed by atoms with Gasteiger partial charge in [0.05, 0.1) is 7.11 Å². The standard InChI is InChI=1S/C16H25NOS/c1-5-17-16-14-10-13(18-4)8-6-12(14)7-9-15(16)19-11(2)3/h6,8,10-11,15-17H,5,7,9H2,1-4H3. The summed E-state index contributed by atoms with van der Waals surface area (Å²) in [4.78, 5) is 0. The number of fused-ring (bicyclic) bond motifs is 1. The van der Waals surface area contributed by atoms with Crippen molar-refractivity contribution in [3.63, 3.8) is 0 Å². The Balaban J connectivity index is 2.29. The number of methoxy groups -OCH3 is 1. The molecular formula is C16H25NOS. The first-order valence-electron chi connectivity index (χ1n) is 7.21. The minimum Gasteiger partial charge on any atom is -0.497 e. The molecule has 1 N–H and O–H groups in total. The predicted octanol–water partition coefficient (Wildman–Crippen LogP) is 3.80. The second kappa shape index (κ2) is 6.67. The number of aryl methyl sites for hydroxylation is 1. The van der Waals surface area contributed by atoms with E-state index in [9.17, 15) is 0 Å². The van der Waals surface area contributed by atoms with Gasteiger partial charge in [0.25, 0.3) is 0 Å². The molecule has 0 spiro atoms. The van der Waals surface area contributed by atoms with Gasteiger partial charge in [0.2, 0.25) is 0 Å². The number of hydrogen-bond acceptors (Lipinski definition) is 3. The van der Waals surface area contributed by atoms with Crippen molar-refractivity contribution in [1.29, 1.82) is 0 Å². The summed E-state index contributed by atoms with van der Waals surface area (Å²) < 4.78 is 5.39. The third kappa shape index (κ3) is 3.46. The van der Waals surface area contributed by atoms with Crippen LogP contribution in [0.2, 0.25) is 0 Å². The number of nitrogens with one attached hydrogen (secondary N) is 1. The Hall–Kier alpha value is -0.670. The number of benzene rings is 1. The molecule has 0 aliphatic heterocycles. The van der Waals surface area contributed by atoms with E-state index in [2.05, 4.69) is 56.0 Å². The summed E-state index contributed by atoms with van der Waals surface area (Å²) in [5, 5.41) is 5.02. The fraction of sp³-hybridized carbons (Fsp3) is 0.625. The van der Waals surface area contributed by atoms with Crippen molar-refractivity contribution in [2.45, 2.75) is 50.2 Å². The average Bonchev–Trinajstić information content (AvgIpc) is 2.40. The first-order valence-corrected chi connectivity index (χ1v) is 8.15. The van der Waals surface area contributed by atoms with E-state index in [-0.39, 0.29) is 0 Å². The van der Waals surface area contributed by atoms with Gasteiger partial charge in [-0.25, -0.2) is 0 Å². The van der Waals surface area contributed by atoms with E-state index < -0.39 is 0 Å². The van der Waals surface area contributed by atoms with Crippen LogP contribution in [0, 0.1) is 0 Å². The van der Waals surface area contributed by atoms with Crippen LogP contribution in [0.4, 0.5) is 0 Å². The Kier molecular flexibility index (Phi) is 5.17. The van der Waals surface area contributed by atoms with Crippen LogP contribution in [0.3, 0.4) is 0 Å². The van der Waals surface area contributed by atoms with E-state index in [0.717, 1.165) is 12.3 Å². The van der Waals surface area contributed by atoms with E-state index in [1.54, 1.807) is 7.11 Å². The fourth-order valence-corrected chi connectivity index (χ4v) is 4.19. The molecule has 0 saturated heterocycles. The minimum atomic E-state index is 0.455. The van der Waals surface area contributed by atoms with Gasteiger partial charge in [0.15, 0.2) is 0 Å². The van der Waals surface area contributed by atoms with Gasteiger partial charge in [-0.05, 0) is 47.9 Å². The molecule has 2 rings (SSSR count). The van der Waals surface area contributed by atoms with Crippen molar-refractivity contribution in [3.05, 3.63) is 29.3 Å². The Morgan fingerprint density at radius 3 is 2.84 bits per heavy atom. The molecule has 0 heterocycles. The third-order valence-electron chi connectivity index (χ3n) is 3.63. The number of hydrogen-bond donors (Lipinski definition) is 1. The number of ether oxygens (including phenoxy) is 1. The highest BCUT2D eigenvalue weighted by Gasteiger charge is 2.30. The second-order valence-electron chi connectivity index (χ2n) is 5.36. The summed E-state index contributed by atoms with van der Waals surface area (Å²) in [5.74, 6) is 0.969. The number of thioether (sulfide) groups is 1. The molecule has 0 saturated carbocycles. The molecule has 0 fully saturated rings. The molecule has 1 aliphatic carbocycles. The molecular weight excluding hydrogens is 254 g/mol. The molecule has 1 aliphatic rings. The lowest BCUT2D eigenvalue weighted by Gasteiger charge is -2.35. The topological polar surface area (TPSA) is 21.3 Å². The summed E-state index contributed by atoms with van der Waals surface area (Å²) in [6.45, 7) is 7.77. The van der Waals surface area contributed by atoms with Crippen LogP contribution in [0.5, 0.6) is 5.75 Å². The summed E-state index contributed by atoms with van der Waals surface area (Å²) in [7, 11) is 1.74. The van der Waals surface area contributed by atoms with Crippen LogP contribution < -0.4 is 10.1 Å². The normalized spacial score (nSPS) is 22.4. The highest BCUT2D eigenvalue weighted by molar-refractivity contribution is 8.00. The first kappa shape index (κ1) is 14.7. The SMILES string of the molecule is CCNC1c2cc(OC)ccc2CCC1SC(C)C. The van der Waals surface area contributed by atoms with E-state index in [1.165, 1.54) is 24.0 Å². The maximum Gasteiger partial charge on any atom is 0.119 e. The van der Waals surface area contributed by atoms with Crippen LogP contribution in [0.15, 0.2) is 18.2 Å². The highest BCUT2D eigenvalue weighted by Crippen LogP contribution is 2.39. The lowest BCUT2D eigenvalue weighted by Crippen LogP contribution is -2.35. The van der Waals surface area contributed by atoms with E-state index in [4.69, 9.17) is 4.74 Å². The van der Waals surface area contributed by atoms with Crippen molar-refractivity contribution in [3.8, 4) is 5.75 Å². The lowest BCUT2D eigenvalue weighted by molar-refractivity contribution is 0.410. The predicted molar refractivity (Wildman–Crippen MR) is 84.2 cm³/mol. The summed E-state index contributed by atoms with van der Waals surface area (Å²) >= 11 is 2.10. The van der Waals surface area contributed by atoms with Crippen molar-refractivity contribution in [2.24, 2.45) is 0 Å². The molecule has 0 aromatic heterocycles. The molecule has 0 bridgehead atoms. The smallest absolute Gasteiger partial charge is 0.119 e. The summed E-state index contributed by atoms with van der Waals surface area (Å²) in [6.07, 6.45) is 2.45. The van der Waals surface area contributed by atoms with Crippen LogP contribution >= 0.6 is 11.8 Å². The first-order chi connectivity index (χ1) is 9.15. The van der Waals surface area contributed by atoms with Crippen molar-refractivity contribution >= 4 is 11.8 Å². The summed E-state index contributed by atoms with van der Waals surface area (Å²) in [5.41, 5.74) is 2.91. The van der Waals surface area contributed by atoms with Crippen molar-refractivity contribution < 1.29 is 4.74 Å². The zero-order valence-electron chi connectivity index (χ0n) is 12.4.